The van der Waals surface area contributed by atoms with Crippen molar-refractivity contribution in [2.75, 3.05) is 6.61 Å². The lowest BCUT2D eigenvalue weighted by molar-refractivity contribution is -0.105. The third-order valence-electron chi connectivity index (χ3n) is 8.21. The summed E-state index contributed by atoms with van der Waals surface area (Å²) in [4.78, 5) is 4.40. The highest BCUT2D eigenvalue weighted by Crippen LogP contribution is 2.56. The van der Waals surface area contributed by atoms with Crippen molar-refractivity contribution in [3.8, 4) is 22.8 Å². The molecule has 0 spiro atoms. The summed E-state index contributed by atoms with van der Waals surface area (Å²) in [5, 5.41) is 21.0. The fraction of sp³-hybridized carbons (Fsp3) is 0.469. The molecule has 0 amide bonds. The molecule has 2 N–H and O–H groups in total. The van der Waals surface area contributed by atoms with Gasteiger partial charge in [0.2, 0.25) is 5.88 Å². The molecule has 2 unspecified atom stereocenters. The summed E-state index contributed by atoms with van der Waals surface area (Å²) in [6.07, 6.45) is 4.16. The Labute approximate surface area is 228 Å². The minimum atomic E-state index is -1.16. The number of hydrogen-bond donors (Lipinski definition) is 2. The number of benzene rings is 2. The molecule has 7 heteroatoms. The van der Waals surface area contributed by atoms with Crippen molar-refractivity contribution in [2.45, 2.75) is 78.1 Å². The smallest absolute Gasteiger partial charge is 0.213 e. The highest BCUT2D eigenvalue weighted by molar-refractivity contribution is 5.73. The van der Waals surface area contributed by atoms with Gasteiger partial charge in [0, 0.05) is 35.4 Å². The summed E-state index contributed by atoms with van der Waals surface area (Å²) in [6, 6.07) is 7.91. The Hall–Kier alpha value is -3.03. The number of nitrogens with zero attached hydrogens (tertiary/aromatic N) is 1. The van der Waals surface area contributed by atoms with Gasteiger partial charge in [-0.2, -0.15) is 0 Å². The number of ether oxygens (including phenoxy) is 2. The molecule has 2 atom stereocenters. The molecule has 5 nitrogen and oxygen atoms in total. The average molecular weight is 538 g/mol. The molecule has 0 radical (unpaired) electrons. The number of rotatable bonds is 9. The number of hydrogen-bond acceptors (Lipinski definition) is 5. The SMILES string of the molecule is Cc1cc(OCC(C(C)(C)O)C(C)(C)O)cc(C)c1-c1cc(COc2cc3c(cn2)C2CC2C3)c(F)cc1F. The van der Waals surface area contributed by atoms with Crippen molar-refractivity contribution >= 4 is 0 Å². The van der Waals surface area contributed by atoms with E-state index < -0.39 is 28.8 Å². The lowest BCUT2D eigenvalue weighted by Crippen LogP contribution is -2.48. The lowest BCUT2D eigenvalue weighted by atomic mass is 9.79. The maximum absolute atomic E-state index is 15.1. The van der Waals surface area contributed by atoms with E-state index >= 15 is 4.39 Å². The summed E-state index contributed by atoms with van der Waals surface area (Å²) in [6.45, 7) is 10.3. The van der Waals surface area contributed by atoms with Crippen molar-refractivity contribution in [1.29, 1.82) is 0 Å². The van der Waals surface area contributed by atoms with Crippen molar-refractivity contribution < 1.29 is 28.5 Å². The van der Waals surface area contributed by atoms with Crippen LogP contribution >= 0.6 is 0 Å². The second-order valence-electron chi connectivity index (χ2n) is 12.3. The molecule has 5 rings (SSSR count). The van der Waals surface area contributed by atoms with Gasteiger partial charge in [-0.25, -0.2) is 13.8 Å². The molecule has 1 fully saturated rings. The van der Waals surface area contributed by atoms with Gasteiger partial charge in [-0.1, -0.05) is 0 Å². The van der Waals surface area contributed by atoms with Crippen molar-refractivity contribution in [3.63, 3.8) is 0 Å². The van der Waals surface area contributed by atoms with Gasteiger partial charge in [0.25, 0.3) is 0 Å². The second-order valence-corrected chi connectivity index (χ2v) is 12.3. The Morgan fingerprint density at radius 1 is 0.949 bits per heavy atom. The van der Waals surface area contributed by atoms with Crippen LogP contribution in [0, 0.1) is 37.3 Å². The molecule has 0 saturated heterocycles. The first-order chi connectivity index (χ1) is 18.2. The summed E-state index contributed by atoms with van der Waals surface area (Å²) in [5.74, 6) is 0.498. The minimum absolute atomic E-state index is 0.0632. The Balaban J connectivity index is 1.35. The number of halogens is 2. The largest absolute Gasteiger partial charge is 0.493 e. The van der Waals surface area contributed by atoms with Gasteiger partial charge in [0.1, 0.15) is 24.0 Å². The third-order valence-corrected chi connectivity index (χ3v) is 8.21. The van der Waals surface area contributed by atoms with Crippen molar-refractivity contribution in [2.24, 2.45) is 11.8 Å². The second kappa shape index (κ2) is 9.86. The fourth-order valence-corrected chi connectivity index (χ4v) is 6.14. The molecule has 1 aromatic heterocycles. The van der Waals surface area contributed by atoms with Crippen LogP contribution in [0.15, 0.2) is 36.5 Å². The molecule has 0 aliphatic heterocycles. The standard InChI is InChI=1S/C32H37F2NO4/c1-17-7-22(38-16-28(31(3,4)36)32(5,6)37)8-18(2)30(17)24-11-21(26(33)13-27(24)34)15-39-29-12-20-9-19-10-23(19)25(20)14-35-29/h7-8,11-14,19,23,28,36-37H,9-10,15-16H2,1-6H3. The van der Waals surface area contributed by atoms with Crippen LogP contribution in [0.5, 0.6) is 11.6 Å². The zero-order valence-electron chi connectivity index (χ0n) is 23.4. The summed E-state index contributed by atoms with van der Waals surface area (Å²) in [7, 11) is 0. The van der Waals surface area contributed by atoms with Gasteiger partial charge in [-0.15, -0.1) is 0 Å². The molecule has 2 aliphatic carbocycles. The van der Waals surface area contributed by atoms with E-state index in [1.807, 2.05) is 26.1 Å². The summed E-state index contributed by atoms with van der Waals surface area (Å²) < 4.78 is 41.6. The molecular weight excluding hydrogens is 500 g/mol. The van der Waals surface area contributed by atoms with Crippen LogP contribution in [0.2, 0.25) is 0 Å². The quantitative estimate of drug-likeness (QED) is 0.330. The number of aliphatic hydroxyl groups is 2. The van der Waals surface area contributed by atoms with E-state index in [1.165, 1.54) is 23.6 Å². The van der Waals surface area contributed by atoms with Crippen LogP contribution in [0.1, 0.15) is 67.9 Å². The van der Waals surface area contributed by atoms with E-state index in [2.05, 4.69) is 4.98 Å². The topological polar surface area (TPSA) is 71.8 Å². The normalized spacial score (nSPS) is 18.2. The van der Waals surface area contributed by atoms with Crippen LogP contribution in [0.4, 0.5) is 8.78 Å². The lowest BCUT2D eigenvalue weighted by Gasteiger charge is -2.37. The monoisotopic (exact) mass is 537 g/mol. The summed E-state index contributed by atoms with van der Waals surface area (Å²) >= 11 is 0. The van der Waals surface area contributed by atoms with Crippen LogP contribution in [0.25, 0.3) is 11.1 Å². The molecule has 1 heterocycles. The maximum atomic E-state index is 15.1. The van der Waals surface area contributed by atoms with Crippen molar-refractivity contribution in [1.82, 2.24) is 4.98 Å². The van der Waals surface area contributed by atoms with E-state index in [0.717, 1.165) is 29.5 Å². The fourth-order valence-electron chi connectivity index (χ4n) is 6.14. The number of fused-ring (bicyclic) bond motifs is 3. The third kappa shape index (κ3) is 5.66. The van der Waals surface area contributed by atoms with Gasteiger partial charge in [0.15, 0.2) is 0 Å². The Morgan fingerprint density at radius 2 is 1.62 bits per heavy atom. The van der Waals surface area contributed by atoms with Crippen LogP contribution in [-0.4, -0.2) is 33.0 Å². The minimum Gasteiger partial charge on any atom is -0.493 e. The Kier molecular flexibility index (Phi) is 6.96. The number of aromatic nitrogens is 1. The highest BCUT2D eigenvalue weighted by Gasteiger charge is 2.45. The average Bonchev–Trinajstić information content (AvgIpc) is 3.48. The molecule has 39 heavy (non-hydrogen) atoms. The highest BCUT2D eigenvalue weighted by atomic mass is 19.1. The van der Waals surface area contributed by atoms with E-state index in [9.17, 15) is 14.6 Å². The van der Waals surface area contributed by atoms with Gasteiger partial charge < -0.3 is 19.7 Å². The van der Waals surface area contributed by atoms with Crippen molar-refractivity contribution in [3.05, 3.63) is 76.0 Å². The van der Waals surface area contributed by atoms with E-state index in [4.69, 9.17) is 9.47 Å². The van der Waals surface area contributed by atoms with Crippen LogP contribution < -0.4 is 9.47 Å². The predicted octanol–water partition coefficient (Wildman–Crippen LogP) is 6.42. The Morgan fingerprint density at radius 3 is 2.26 bits per heavy atom. The van der Waals surface area contributed by atoms with Gasteiger partial charge in [-0.3, -0.25) is 0 Å². The van der Waals surface area contributed by atoms with E-state index in [1.54, 1.807) is 39.8 Å². The Bertz CT molecular complexity index is 1370. The zero-order valence-corrected chi connectivity index (χ0v) is 23.4. The molecule has 2 aromatic carbocycles. The van der Waals surface area contributed by atoms with Gasteiger partial charge in [0.05, 0.1) is 17.8 Å². The van der Waals surface area contributed by atoms with Crippen LogP contribution in [-0.2, 0) is 13.0 Å². The zero-order chi connectivity index (χ0) is 28.3. The number of aryl methyl sites for hydroxylation is 2. The van der Waals surface area contributed by atoms with Gasteiger partial charge >= 0.3 is 0 Å². The number of pyridine rings is 1. The van der Waals surface area contributed by atoms with E-state index in [-0.39, 0.29) is 24.3 Å². The molecule has 2 aliphatic rings. The van der Waals surface area contributed by atoms with Gasteiger partial charge in [-0.05, 0) is 112 Å². The first-order valence-electron chi connectivity index (χ1n) is 13.5. The molecule has 0 bridgehead atoms. The van der Waals surface area contributed by atoms with E-state index in [0.29, 0.717) is 23.1 Å². The summed E-state index contributed by atoms with van der Waals surface area (Å²) in [5.41, 5.74) is 2.92. The predicted molar refractivity (Wildman–Crippen MR) is 146 cm³/mol. The van der Waals surface area contributed by atoms with Crippen LogP contribution in [0.3, 0.4) is 0 Å². The first kappa shape index (κ1) is 27.5. The molecule has 3 aromatic rings. The maximum Gasteiger partial charge on any atom is 0.213 e. The molecular formula is C32H37F2NO4. The first-order valence-corrected chi connectivity index (χ1v) is 13.5. The molecule has 208 valence electrons. The molecule has 1 saturated carbocycles.